The van der Waals surface area contributed by atoms with Crippen LogP contribution in [0.1, 0.15) is 22.8 Å². The summed E-state index contributed by atoms with van der Waals surface area (Å²) in [6.45, 7) is 1.88. The first-order valence-corrected chi connectivity index (χ1v) is 8.83. The molecule has 3 aromatic carbocycles. The molecular formula is C20H17IN2O2. The number of carbonyl (C=O) groups is 1. The molecule has 5 heteroatoms. The van der Waals surface area contributed by atoms with Crippen LogP contribution in [0.2, 0.25) is 0 Å². The molecule has 0 bridgehead atoms. The number of benzene rings is 3. The number of nitrogens with zero attached hydrogens (tertiary/aromatic N) is 1. The van der Waals surface area contributed by atoms with Crippen molar-refractivity contribution in [2.75, 3.05) is 7.11 Å². The van der Waals surface area contributed by atoms with Crippen LogP contribution in [0.25, 0.3) is 10.8 Å². The van der Waals surface area contributed by atoms with Crippen molar-refractivity contribution in [1.82, 2.24) is 5.43 Å². The Bertz CT molecular complexity index is 967. The number of nitrogens with one attached hydrogen (secondary N) is 1. The van der Waals surface area contributed by atoms with E-state index < -0.39 is 0 Å². The van der Waals surface area contributed by atoms with E-state index in [4.69, 9.17) is 4.74 Å². The zero-order valence-corrected chi connectivity index (χ0v) is 16.1. The van der Waals surface area contributed by atoms with Crippen molar-refractivity contribution in [3.63, 3.8) is 0 Å². The topological polar surface area (TPSA) is 50.7 Å². The highest BCUT2D eigenvalue weighted by Gasteiger charge is 2.08. The maximum atomic E-state index is 12.3. The third-order valence-electron chi connectivity index (χ3n) is 3.91. The van der Waals surface area contributed by atoms with Crippen molar-refractivity contribution in [3.05, 3.63) is 75.4 Å². The van der Waals surface area contributed by atoms with Crippen molar-refractivity contribution >= 4 is 45.0 Å². The third-order valence-corrected chi connectivity index (χ3v) is 4.75. The molecule has 0 aromatic heterocycles. The number of rotatable bonds is 4. The first-order chi connectivity index (χ1) is 12.1. The van der Waals surface area contributed by atoms with Crippen LogP contribution in [0, 0.1) is 3.57 Å². The van der Waals surface area contributed by atoms with E-state index in [1.165, 1.54) is 5.39 Å². The first-order valence-electron chi connectivity index (χ1n) is 7.76. The summed E-state index contributed by atoms with van der Waals surface area (Å²) < 4.78 is 6.08. The molecule has 0 saturated carbocycles. The minimum Gasteiger partial charge on any atom is -0.496 e. The maximum absolute atomic E-state index is 12.3. The molecule has 1 N–H and O–H groups in total. The average Bonchev–Trinajstić information content (AvgIpc) is 2.65. The Labute approximate surface area is 160 Å². The van der Waals surface area contributed by atoms with Gasteiger partial charge in [-0.2, -0.15) is 5.10 Å². The smallest absolute Gasteiger partial charge is 0.271 e. The number of carbonyl (C=O) groups excluding carboxylic acids is 1. The fourth-order valence-corrected chi connectivity index (χ4v) is 3.22. The Hall–Kier alpha value is -2.41. The second-order valence-corrected chi connectivity index (χ2v) is 6.71. The molecule has 3 aromatic rings. The molecule has 0 atom stereocenters. The van der Waals surface area contributed by atoms with Crippen LogP contribution in [-0.4, -0.2) is 18.7 Å². The van der Waals surface area contributed by atoms with Crippen molar-refractivity contribution in [2.24, 2.45) is 5.10 Å². The first kappa shape index (κ1) is 17.4. The van der Waals surface area contributed by atoms with E-state index in [-0.39, 0.29) is 5.91 Å². The fourth-order valence-electron chi connectivity index (χ4n) is 2.49. The van der Waals surface area contributed by atoms with Crippen molar-refractivity contribution < 1.29 is 9.53 Å². The highest BCUT2D eigenvalue weighted by molar-refractivity contribution is 14.1. The van der Waals surface area contributed by atoms with Crippen LogP contribution in [-0.2, 0) is 0 Å². The lowest BCUT2D eigenvalue weighted by molar-refractivity contribution is 0.0954. The predicted octanol–water partition coefficient (Wildman–Crippen LogP) is 4.61. The molecule has 0 aliphatic rings. The molecule has 126 valence electrons. The quantitative estimate of drug-likeness (QED) is 0.363. The summed E-state index contributed by atoms with van der Waals surface area (Å²) in [5.74, 6) is 0.494. The number of methoxy groups -OCH3 is 1. The number of fused-ring (bicyclic) bond motifs is 1. The standard InChI is InChI=1S/C20H17IN2O2/c1-13(15-8-7-14-5-3-4-6-16(14)11-15)22-23-20(24)17-9-10-19(25-2)18(21)12-17/h3-12H,1-2H3,(H,23,24)/b22-13+. The van der Waals surface area contributed by atoms with Crippen molar-refractivity contribution in [3.8, 4) is 5.75 Å². The van der Waals surface area contributed by atoms with Gasteiger partial charge < -0.3 is 4.74 Å². The lowest BCUT2D eigenvalue weighted by Gasteiger charge is -2.07. The van der Waals surface area contributed by atoms with E-state index in [1.807, 2.05) is 25.1 Å². The van der Waals surface area contributed by atoms with Crippen LogP contribution < -0.4 is 10.2 Å². The van der Waals surface area contributed by atoms with Gasteiger partial charge in [-0.3, -0.25) is 4.79 Å². The van der Waals surface area contributed by atoms with Crippen molar-refractivity contribution in [1.29, 1.82) is 0 Å². The molecule has 1 amide bonds. The normalized spacial score (nSPS) is 11.4. The van der Waals surface area contributed by atoms with Gasteiger partial charge in [0.1, 0.15) is 5.75 Å². The molecule has 4 nitrogen and oxygen atoms in total. The second-order valence-electron chi connectivity index (χ2n) is 5.55. The summed E-state index contributed by atoms with van der Waals surface area (Å²) in [5, 5.41) is 6.55. The van der Waals surface area contributed by atoms with E-state index in [0.717, 1.165) is 26.0 Å². The Morgan fingerprint density at radius 2 is 1.72 bits per heavy atom. The largest absolute Gasteiger partial charge is 0.496 e. The van der Waals surface area contributed by atoms with Gasteiger partial charge in [-0.1, -0.05) is 36.4 Å². The monoisotopic (exact) mass is 444 g/mol. The van der Waals surface area contributed by atoms with Gasteiger partial charge in [-0.15, -0.1) is 0 Å². The Balaban J connectivity index is 1.77. The van der Waals surface area contributed by atoms with Gasteiger partial charge in [0.25, 0.3) is 5.91 Å². The summed E-state index contributed by atoms with van der Waals surface area (Å²) in [6.07, 6.45) is 0. The van der Waals surface area contributed by atoms with Crippen LogP contribution in [0.3, 0.4) is 0 Å². The summed E-state index contributed by atoms with van der Waals surface area (Å²) in [6, 6.07) is 19.5. The number of amides is 1. The minimum atomic E-state index is -0.249. The van der Waals surface area contributed by atoms with E-state index in [2.05, 4.69) is 57.4 Å². The van der Waals surface area contributed by atoms with Crippen LogP contribution in [0.4, 0.5) is 0 Å². The van der Waals surface area contributed by atoms with Gasteiger partial charge in [-0.25, -0.2) is 5.43 Å². The van der Waals surface area contributed by atoms with Gasteiger partial charge in [-0.05, 0) is 70.1 Å². The molecule has 0 heterocycles. The summed E-state index contributed by atoms with van der Waals surface area (Å²) >= 11 is 2.14. The van der Waals surface area contributed by atoms with Crippen LogP contribution >= 0.6 is 22.6 Å². The van der Waals surface area contributed by atoms with Gasteiger partial charge in [0.05, 0.1) is 16.4 Å². The predicted molar refractivity (Wildman–Crippen MR) is 109 cm³/mol. The zero-order valence-electron chi connectivity index (χ0n) is 13.9. The molecular weight excluding hydrogens is 427 g/mol. The number of hydrogen-bond acceptors (Lipinski definition) is 3. The average molecular weight is 444 g/mol. The van der Waals surface area contributed by atoms with E-state index in [0.29, 0.717) is 5.56 Å². The van der Waals surface area contributed by atoms with Gasteiger partial charge in [0, 0.05) is 5.56 Å². The number of hydrazone groups is 1. The molecule has 3 rings (SSSR count). The molecule has 0 fully saturated rings. The summed E-state index contributed by atoms with van der Waals surface area (Å²) in [7, 11) is 1.61. The molecule has 0 unspecified atom stereocenters. The maximum Gasteiger partial charge on any atom is 0.271 e. The van der Waals surface area contributed by atoms with Gasteiger partial charge >= 0.3 is 0 Å². The molecule has 0 aliphatic carbocycles. The molecule has 0 saturated heterocycles. The van der Waals surface area contributed by atoms with Gasteiger partial charge in [0.2, 0.25) is 0 Å². The highest BCUT2D eigenvalue weighted by atomic mass is 127. The summed E-state index contributed by atoms with van der Waals surface area (Å²) in [5.41, 5.74) is 4.88. The minimum absolute atomic E-state index is 0.249. The zero-order chi connectivity index (χ0) is 17.8. The summed E-state index contributed by atoms with van der Waals surface area (Å²) in [4.78, 5) is 12.3. The second kappa shape index (κ2) is 7.65. The highest BCUT2D eigenvalue weighted by Crippen LogP contribution is 2.21. The van der Waals surface area contributed by atoms with E-state index in [1.54, 1.807) is 25.3 Å². The number of halogens is 1. The molecule has 0 radical (unpaired) electrons. The van der Waals surface area contributed by atoms with E-state index >= 15 is 0 Å². The Morgan fingerprint density at radius 3 is 2.44 bits per heavy atom. The van der Waals surface area contributed by atoms with Crippen molar-refractivity contribution in [2.45, 2.75) is 6.92 Å². The fraction of sp³-hybridized carbons (Fsp3) is 0.100. The van der Waals surface area contributed by atoms with Gasteiger partial charge in [0.15, 0.2) is 0 Å². The lowest BCUT2D eigenvalue weighted by atomic mass is 10.0. The molecule has 0 spiro atoms. The molecule has 25 heavy (non-hydrogen) atoms. The molecule has 0 aliphatic heterocycles. The van der Waals surface area contributed by atoms with Crippen LogP contribution in [0.15, 0.2) is 65.8 Å². The number of hydrogen-bond donors (Lipinski definition) is 1. The Kier molecular flexibility index (Phi) is 5.33. The SMILES string of the molecule is COc1ccc(C(=O)N/N=C(\C)c2ccc3ccccc3c2)cc1I. The van der Waals surface area contributed by atoms with Crippen LogP contribution in [0.5, 0.6) is 5.75 Å². The number of ether oxygens (including phenoxy) is 1. The Morgan fingerprint density at radius 1 is 1.00 bits per heavy atom. The third kappa shape index (κ3) is 3.99. The lowest BCUT2D eigenvalue weighted by Crippen LogP contribution is -2.19. The van der Waals surface area contributed by atoms with E-state index in [9.17, 15) is 4.79 Å².